The number of carbonyl (C=O) groups is 1. The quantitative estimate of drug-likeness (QED) is 0.826. The number of rotatable bonds is 4. The molecule has 7 nitrogen and oxygen atoms in total. The molecule has 2 aliphatic heterocycles. The van der Waals surface area contributed by atoms with Crippen molar-refractivity contribution < 1.29 is 9.63 Å². The first-order valence-electron chi connectivity index (χ1n) is 7.90. The minimum Gasteiger partial charge on any atom is -0.301 e. The Balaban J connectivity index is 1.51. The van der Waals surface area contributed by atoms with E-state index in [1.165, 1.54) is 37.4 Å². The van der Waals surface area contributed by atoms with Gasteiger partial charge in [0, 0.05) is 13.1 Å². The molecular formula is C14H23N5O2. The van der Waals surface area contributed by atoms with Gasteiger partial charge in [-0.25, -0.2) is 5.06 Å². The molecule has 0 spiro atoms. The molecule has 0 atom stereocenters. The fourth-order valence-electron chi connectivity index (χ4n) is 2.82. The zero-order valence-electron chi connectivity index (χ0n) is 12.4. The summed E-state index contributed by atoms with van der Waals surface area (Å²) < 4.78 is 1.76. The summed E-state index contributed by atoms with van der Waals surface area (Å²) >= 11 is 0. The van der Waals surface area contributed by atoms with E-state index in [1.54, 1.807) is 10.9 Å². The lowest BCUT2D eigenvalue weighted by Gasteiger charge is -2.26. The van der Waals surface area contributed by atoms with E-state index in [-0.39, 0.29) is 5.91 Å². The van der Waals surface area contributed by atoms with E-state index >= 15 is 0 Å². The van der Waals surface area contributed by atoms with Crippen molar-refractivity contribution in [1.29, 1.82) is 0 Å². The SMILES string of the molecule is O=C(c1cn(CCN2CCCCC2)nn1)N1CCCCO1. The Hall–Kier alpha value is -1.47. The fourth-order valence-corrected chi connectivity index (χ4v) is 2.82. The highest BCUT2D eigenvalue weighted by molar-refractivity contribution is 5.91. The molecule has 0 radical (unpaired) electrons. The van der Waals surface area contributed by atoms with Crippen LogP contribution in [0, 0.1) is 0 Å². The summed E-state index contributed by atoms with van der Waals surface area (Å²) in [6, 6.07) is 0. The number of amides is 1. The van der Waals surface area contributed by atoms with E-state index in [1.807, 2.05) is 0 Å². The van der Waals surface area contributed by atoms with Gasteiger partial charge in [0.15, 0.2) is 5.69 Å². The van der Waals surface area contributed by atoms with Crippen LogP contribution in [0.15, 0.2) is 6.20 Å². The number of hydroxylamine groups is 2. The third-order valence-corrected chi connectivity index (χ3v) is 4.08. The smallest absolute Gasteiger partial charge is 0.299 e. The van der Waals surface area contributed by atoms with E-state index in [4.69, 9.17) is 4.84 Å². The monoisotopic (exact) mass is 293 g/mol. The number of piperidine rings is 1. The maximum absolute atomic E-state index is 12.2. The molecule has 1 amide bonds. The average molecular weight is 293 g/mol. The summed E-state index contributed by atoms with van der Waals surface area (Å²) in [6.07, 6.45) is 7.63. The van der Waals surface area contributed by atoms with Crippen LogP contribution in [0.3, 0.4) is 0 Å². The third-order valence-electron chi connectivity index (χ3n) is 4.08. The lowest BCUT2D eigenvalue weighted by Crippen LogP contribution is -2.36. The first-order chi connectivity index (χ1) is 10.3. The normalized spacial score (nSPS) is 20.7. The van der Waals surface area contributed by atoms with Crippen molar-refractivity contribution in [3.63, 3.8) is 0 Å². The zero-order chi connectivity index (χ0) is 14.5. The van der Waals surface area contributed by atoms with Crippen molar-refractivity contribution in [2.75, 3.05) is 32.8 Å². The highest BCUT2D eigenvalue weighted by Crippen LogP contribution is 2.10. The molecular weight excluding hydrogens is 270 g/mol. The minimum absolute atomic E-state index is 0.182. The van der Waals surface area contributed by atoms with Gasteiger partial charge in [-0.3, -0.25) is 14.3 Å². The van der Waals surface area contributed by atoms with Gasteiger partial charge in [0.2, 0.25) is 0 Å². The third kappa shape index (κ3) is 3.79. The van der Waals surface area contributed by atoms with Crippen LogP contribution in [0.4, 0.5) is 0 Å². The largest absolute Gasteiger partial charge is 0.301 e. The van der Waals surface area contributed by atoms with Crippen molar-refractivity contribution in [3.05, 3.63) is 11.9 Å². The number of aromatic nitrogens is 3. The Kier molecular flexibility index (Phi) is 4.82. The molecule has 0 unspecified atom stereocenters. The number of likely N-dealkylation sites (tertiary alicyclic amines) is 1. The van der Waals surface area contributed by atoms with Crippen LogP contribution in [0.5, 0.6) is 0 Å². The number of hydrogen-bond acceptors (Lipinski definition) is 5. The Morgan fingerprint density at radius 2 is 1.90 bits per heavy atom. The molecule has 7 heteroatoms. The minimum atomic E-state index is -0.182. The molecule has 1 aromatic rings. The van der Waals surface area contributed by atoms with Gasteiger partial charge in [-0.15, -0.1) is 5.10 Å². The van der Waals surface area contributed by atoms with Gasteiger partial charge in [-0.1, -0.05) is 11.6 Å². The van der Waals surface area contributed by atoms with E-state index in [9.17, 15) is 4.79 Å². The highest BCUT2D eigenvalue weighted by atomic mass is 16.7. The van der Waals surface area contributed by atoms with Gasteiger partial charge < -0.3 is 4.90 Å². The van der Waals surface area contributed by atoms with Crippen molar-refractivity contribution >= 4 is 5.91 Å². The first kappa shape index (κ1) is 14.5. The van der Waals surface area contributed by atoms with Gasteiger partial charge in [-0.2, -0.15) is 0 Å². The van der Waals surface area contributed by atoms with Gasteiger partial charge in [0.05, 0.1) is 19.3 Å². The van der Waals surface area contributed by atoms with Crippen molar-refractivity contribution in [1.82, 2.24) is 25.0 Å². The summed E-state index contributed by atoms with van der Waals surface area (Å²) in [5, 5.41) is 9.44. The molecule has 2 fully saturated rings. The molecule has 116 valence electrons. The second kappa shape index (κ2) is 7.00. The molecule has 0 aromatic carbocycles. The second-order valence-corrected chi connectivity index (χ2v) is 5.72. The van der Waals surface area contributed by atoms with E-state index in [0.29, 0.717) is 18.8 Å². The molecule has 3 heterocycles. The topological polar surface area (TPSA) is 63.5 Å². The molecule has 2 saturated heterocycles. The molecule has 3 rings (SSSR count). The molecule has 2 aliphatic rings. The summed E-state index contributed by atoms with van der Waals surface area (Å²) in [5.74, 6) is -0.182. The Morgan fingerprint density at radius 1 is 1.10 bits per heavy atom. The molecule has 0 saturated carbocycles. The van der Waals surface area contributed by atoms with Crippen molar-refractivity contribution in [2.45, 2.75) is 38.6 Å². The summed E-state index contributed by atoms with van der Waals surface area (Å²) in [4.78, 5) is 20.0. The van der Waals surface area contributed by atoms with E-state index in [0.717, 1.165) is 25.9 Å². The van der Waals surface area contributed by atoms with Crippen LogP contribution in [-0.2, 0) is 11.4 Å². The molecule has 1 aromatic heterocycles. The number of hydrogen-bond donors (Lipinski definition) is 0. The van der Waals surface area contributed by atoms with Crippen LogP contribution in [0.2, 0.25) is 0 Å². The first-order valence-corrected chi connectivity index (χ1v) is 7.90. The molecule has 0 N–H and O–H groups in total. The summed E-state index contributed by atoms with van der Waals surface area (Å²) in [7, 11) is 0. The highest BCUT2D eigenvalue weighted by Gasteiger charge is 2.22. The van der Waals surface area contributed by atoms with Gasteiger partial charge in [0.25, 0.3) is 5.91 Å². The predicted molar refractivity (Wildman–Crippen MR) is 76.5 cm³/mol. The Morgan fingerprint density at radius 3 is 2.67 bits per heavy atom. The average Bonchev–Trinajstić information content (AvgIpc) is 3.03. The van der Waals surface area contributed by atoms with Crippen molar-refractivity contribution in [3.8, 4) is 0 Å². The standard InChI is InChI=1S/C14H23N5O2/c20-14(19-8-4-5-11-21-19)13-12-18(16-15-13)10-9-17-6-2-1-3-7-17/h12H,1-11H2. The summed E-state index contributed by atoms with van der Waals surface area (Å²) in [6.45, 7) is 5.33. The van der Waals surface area contributed by atoms with Crippen LogP contribution >= 0.6 is 0 Å². The maximum atomic E-state index is 12.2. The number of nitrogens with zero attached hydrogens (tertiary/aromatic N) is 5. The van der Waals surface area contributed by atoms with Crippen LogP contribution in [0.25, 0.3) is 0 Å². The van der Waals surface area contributed by atoms with Gasteiger partial charge in [-0.05, 0) is 38.8 Å². The van der Waals surface area contributed by atoms with Gasteiger partial charge >= 0.3 is 0 Å². The lowest BCUT2D eigenvalue weighted by molar-refractivity contribution is -0.144. The lowest BCUT2D eigenvalue weighted by atomic mass is 10.1. The maximum Gasteiger partial charge on any atom is 0.299 e. The van der Waals surface area contributed by atoms with Crippen molar-refractivity contribution in [2.24, 2.45) is 0 Å². The summed E-state index contributed by atoms with van der Waals surface area (Å²) in [5.41, 5.74) is 0.371. The van der Waals surface area contributed by atoms with Crippen LogP contribution < -0.4 is 0 Å². The molecule has 0 aliphatic carbocycles. The predicted octanol–water partition coefficient (Wildman–Crippen LogP) is 0.932. The molecule has 21 heavy (non-hydrogen) atoms. The van der Waals surface area contributed by atoms with E-state index in [2.05, 4.69) is 15.2 Å². The zero-order valence-corrected chi connectivity index (χ0v) is 12.4. The van der Waals surface area contributed by atoms with Gasteiger partial charge in [0.1, 0.15) is 0 Å². The second-order valence-electron chi connectivity index (χ2n) is 5.72. The van der Waals surface area contributed by atoms with Crippen LogP contribution in [-0.4, -0.2) is 63.7 Å². The fraction of sp³-hybridized carbons (Fsp3) is 0.786. The molecule has 0 bridgehead atoms. The Bertz CT molecular complexity index is 464. The van der Waals surface area contributed by atoms with Crippen LogP contribution in [0.1, 0.15) is 42.6 Å². The van der Waals surface area contributed by atoms with E-state index < -0.39 is 0 Å². The number of carbonyl (C=O) groups excluding carboxylic acids is 1. The Labute approximate surface area is 124 Å².